The number of esters is 1. The van der Waals surface area contributed by atoms with Crippen LogP contribution in [0.25, 0.3) is 0 Å². The molecule has 3 nitrogen and oxygen atoms in total. The first-order valence-corrected chi connectivity index (χ1v) is 3.14. The van der Waals surface area contributed by atoms with Crippen LogP contribution in [-0.4, -0.2) is 18.3 Å². The molecule has 0 aromatic carbocycles. The van der Waals surface area contributed by atoms with Crippen molar-refractivity contribution < 1.29 is 9.53 Å². The molecular formula is C5H7NO2S. The van der Waals surface area contributed by atoms with Gasteiger partial charge in [0, 0.05) is 11.3 Å². The number of hydrogen-bond acceptors (Lipinski definition) is 4. The van der Waals surface area contributed by atoms with Gasteiger partial charge in [-0.15, -0.1) is 0 Å². The summed E-state index contributed by atoms with van der Waals surface area (Å²) in [4.78, 5) is 10.5. The quantitative estimate of drug-likeness (QED) is 0.393. The predicted molar refractivity (Wildman–Crippen MR) is 36.0 cm³/mol. The highest BCUT2D eigenvalue weighted by Gasteiger charge is 2.19. The van der Waals surface area contributed by atoms with E-state index in [1.165, 1.54) is 0 Å². The molecule has 0 unspecified atom stereocenters. The monoisotopic (exact) mass is 145 g/mol. The summed E-state index contributed by atoms with van der Waals surface area (Å²) in [5.74, 6) is 0.0800. The standard InChI is InChI=1S/C5H7NO2S/c6-4-3(2-9)1-8-5(4)7/h9H,1-2,6H2. The van der Waals surface area contributed by atoms with E-state index in [4.69, 9.17) is 5.73 Å². The van der Waals surface area contributed by atoms with Crippen LogP contribution >= 0.6 is 12.6 Å². The van der Waals surface area contributed by atoms with Crippen LogP contribution in [0, 0.1) is 0 Å². The van der Waals surface area contributed by atoms with Gasteiger partial charge >= 0.3 is 5.97 Å². The van der Waals surface area contributed by atoms with E-state index in [0.29, 0.717) is 12.4 Å². The highest BCUT2D eigenvalue weighted by molar-refractivity contribution is 7.80. The number of thiol groups is 1. The van der Waals surface area contributed by atoms with E-state index >= 15 is 0 Å². The molecule has 0 radical (unpaired) electrons. The summed E-state index contributed by atoms with van der Waals surface area (Å²) >= 11 is 3.95. The van der Waals surface area contributed by atoms with Gasteiger partial charge in [-0.1, -0.05) is 0 Å². The number of nitrogens with two attached hydrogens (primary N) is 1. The third kappa shape index (κ3) is 1.03. The molecule has 0 aliphatic carbocycles. The van der Waals surface area contributed by atoms with Crippen LogP contribution in [0.5, 0.6) is 0 Å². The highest BCUT2D eigenvalue weighted by atomic mass is 32.1. The molecule has 0 fully saturated rings. The first-order chi connectivity index (χ1) is 4.25. The van der Waals surface area contributed by atoms with Gasteiger partial charge in [-0.3, -0.25) is 0 Å². The predicted octanol–water partition coefficient (Wildman–Crippen LogP) is -0.314. The summed E-state index contributed by atoms with van der Waals surface area (Å²) < 4.78 is 4.58. The topological polar surface area (TPSA) is 52.3 Å². The molecule has 0 spiro atoms. The maximum absolute atomic E-state index is 10.5. The zero-order valence-electron chi connectivity index (χ0n) is 4.76. The molecule has 0 amide bonds. The summed E-state index contributed by atoms with van der Waals surface area (Å²) in [6.07, 6.45) is 0. The molecule has 0 saturated carbocycles. The van der Waals surface area contributed by atoms with Crippen molar-refractivity contribution in [3.05, 3.63) is 11.3 Å². The summed E-state index contributed by atoms with van der Waals surface area (Å²) in [5.41, 5.74) is 6.30. The SMILES string of the molecule is NC1=C(CS)COC1=O. The van der Waals surface area contributed by atoms with E-state index in [9.17, 15) is 4.79 Å². The lowest BCUT2D eigenvalue weighted by Gasteiger charge is -1.89. The molecule has 1 aliphatic rings. The second-order valence-corrected chi connectivity index (χ2v) is 2.07. The van der Waals surface area contributed by atoms with E-state index in [0.717, 1.165) is 5.57 Å². The Balaban J connectivity index is 2.79. The minimum absolute atomic E-state index is 0.227. The fourth-order valence-electron chi connectivity index (χ4n) is 0.583. The number of carbonyl (C=O) groups is 1. The van der Waals surface area contributed by atoms with Crippen molar-refractivity contribution in [1.82, 2.24) is 0 Å². The van der Waals surface area contributed by atoms with Gasteiger partial charge in [-0.2, -0.15) is 12.6 Å². The Labute approximate surface area is 58.3 Å². The largest absolute Gasteiger partial charge is 0.456 e. The van der Waals surface area contributed by atoms with Gasteiger partial charge in [-0.25, -0.2) is 4.79 Å². The first-order valence-electron chi connectivity index (χ1n) is 2.51. The lowest BCUT2D eigenvalue weighted by Crippen LogP contribution is -2.07. The second-order valence-electron chi connectivity index (χ2n) is 1.75. The number of rotatable bonds is 1. The molecule has 0 bridgehead atoms. The van der Waals surface area contributed by atoms with Crippen molar-refractivity contribution in [2.75, 3.05) is 12.4 Å². The Morgan fingerprint density at radius 2 is 2.44 bits per heavy atom. The van der Waals surface area contributed by atoms with Crippen molar-refractivity contribution in [3.63, 3.8) is 0 Å². The van der Waals surface area contributed by atoms with Gasteiger partial charge in [0.25, 0.3) is 0 Å². The normalized spacial score (nSPS) is 18.6. The molecule has 0 saturated heterocycles. The molecule has 1 aliphatic heterocycles. The summed E-state index contributed by atoms with van der Waals surface area (Å²) in [7, 11) is 0. The molecule has 0 aromatic rings. The van der Waals surface area contributed by atoms with Gasteiger partial charge in [0.2, 0.25) is 0 Å². The van der Waals surface area contributed by atoms with Gasteiger partial charge in [-0.05, 0) is 0 Å². The Hall–Kier alpha value is -0.640. The van der Waals surface area contributed by atoms with Crippen molar-refractivity contribution in [3.8, 4) is 0 Å². The summed E-state index contributed by atoms with van der Waals surface area (Å²) in [5, 5.41) is 0. The van der Waals surface area contributed by atoms with E-state index in [-0.39, 0.29) is 5.70 Å². The Bertz CT molecular complexity index is 176. The highest BCUT2D eigenvalue weighted by Crippen LogP contribution is 2.11. The Morgan fingerprint density at radius 1 is 1.78 bits per heavy atom. The lowest BCUT2D eigenvalue weighted by molar-refractivity contribution is -0.136. The minimum Gasteiger partial charge on any atom is -0.456 e. The smallest absolute Gasteiger partial charge is 0.354 e. The van der Waals surface area contributed by atoms with Gasteiger partial charge in [0.05, 0.1) is 0 Å². The van der Waals surface area contributed by atoms with Gasteiger partial charge in [0.1, 0.15) is 12.3 Å². The fraction of sp³-hybridized carbons (Fsp3) is 0.400. The van der Waals surface area contributed by atoms with Crippen LogP contribution in [0.2, 0.25) is 0 Å². The number of ether oxygens (including phenoxy) is 1. The molecule has 2 N–H and O–H groups in total. The van der Waals surface area contributed by atoms with Crippen molar-refractivity contribution in [1.29, 1.82) is 0 Å². The third-order valence-corrected chi connectivity index (χ3v) is 1.55. The molecule has 1 heterocycles. The van der Waals surface area contributed by atoms with E-state index in [2.05, 4.69) is 17.4 Å². The first kappa shape index (κ1) is 6.48. The zero-order chi connectivity index (χ0) is 6.85. The van der Waals surface area contributed by atoms with E-state index in [1.54, 1.807) is 0 Å². The zero-order valence-corrected chi connectivity index (χ0v) is 5.65. The second kappa shape index (κ2) is 2.31. The van der Waals surface area contributed by atoms with Crippen LogP contribution in [0.4, 0.5) is 0 Å². The molecule has 0 aromatic heterocycles. The van der Waals surface area contributed by atoms with Crippen molar-refractivity contribution >= 4 is 18.6 Å². The molecule has 0 atom stereocenters. The maximum Gasteiger partial charge on any atom is 0.354 e. The molecular weight excluding hydrogens is 138 g/mol. The van der Waals surface area contributed by atoms with Crippen molar-refractivity contribution in [2.24, 2.45) is 5.73 Å². The summed E-state index contributed by atoms with van der Waals surface area (Å²) in [6.45, 7) is 0.314. The number of carbonyl (C=O) groups excluding carboxylic acids is 1. The molecule has 50 valence electrons. The van der Waals surface area contributed by atoms with Crippen molar-refractivity contribution in [2.45, 2.75) is 0 Å². The Kier molecular flexibility index (Phi) is 1.66. The van der Waals surface area contributed by atoms with E-state index in [1.807, 2.05) is 0 Å². The molecule has 1 rings (SSSR count). The van der Waals surface area contributed by atoms with Gasteiger partial charge < -0.3 is 10.5 Å². The third-order valence-electron chi connectivity index (χ3n) is 1.17. The van der Waals surface area contributed by atoms with Crippen LogP contribution in [-0.2, 0) is 9.53 Å². The average Bonchev–Trinajstić information content (AvgIpc) is 2.15. The van der Waals surface area contributed by atoms with Gasteiger partial charge in [0.15, 0.2) is 0 Å². The lowest BCUT2D eigenvalue weighted by atomic mass is 10.3. The Morgan fingerprint density at radius 3 is 2.67 bits per heavy atom. The fourth-order valence-corrected chi connectivity index (χ4v) is 0.845. The van der Waals surface area contributed by atoms with Crippen LogP contribution < -0.4 is 5.73 Å². The van der Waals surface area contributed by atoms with E-state index < -0.39 is 5.97 Å². The molecule has 9 heavy (non-hydrogen) atoms. The minimum atomic E-state index is -0.418. The van der Waals surface area contributed by atoms with Crippen LogP contribution in [0.3, 0.4) is 0 Å². The maximum atomic E-state index is 10.5. The van der Waals surface area contributed by atoms with Crippen LogP contribution in [0.1, 0.15) is 0 Å². The number of cyclic esters (lactones) is 1. The molecule has 4 heteroatoms. The van der Waals surface area contributed by atoms with Crippen LogP contribution in [0.15, 0.2) is 11.3 Å². The number of hydrogen-bond donors (Lipinski definition) is 2. The average molecular weight is 145 g/mol. The summed E-state index contributed by atoms with van der Waals surface area (Å²) in [6, 6.07) is 0.